The Hall–Kier alpha value is -0.610. The van der Waals surface area contributed by atoms with Crippen LogP contribution in [-0.2, 0) is 9.53 Å². The molecule has 0 radical (unpaired) electrons. The van der Waals surface area contributed by atoms with Gasteiger partial charge >= 0.3 is 0 Å². The molecular weight excluding hydrogens is 216 g/mol. The van der Waals surface area contributed by atoms with Crippen LogP contribution in [0.1, 0.15) is 40.0 Å². The van der Waals surface area contributed by atoms with Gasteiger partial charge in [0, 0.05) is 12.1 Å². The number of amides is 1. The quantitative estimate of drug-likeness (QED) is 0.758. The van der Waals surface area contributed by atoms with E-state index >= 15 is 0 Å². The number of hydrogen-bond acceptors (Lipinski definition) is 3. The summed E-state index contributed by atoms with van der Waals surface area (Å²) in [6.45, 7) is 7.27. The first-order valence-corrected chi connectivity index (χ1v) is 6.50. The Bertz CT molecular complexity index is 317. The minimum absolute atomic E-state index is 0.0578. The van der Waals surface area contributed by atoms with Crippen molar-refractivity contribution >= 4 is 5.91 Å². The molecule has 3 unspecified atom stereocenters. The zero-order valence-corrected chi connectivity index (χ0v) is 11.1. The molecule has 1 aliphatic heterocycles. The number of nitrogens with one attached hydrogen (secondary N) is 1. The summed E-state index contributed by atoms with van der Waals surface area (Å²) in [4.78, 5) is 12.4. The highest BCUT2D eigenvalue weighted by Crippen LogP contribution is 2.38. The smallest absolute Gasteiger partial charge is 0.230 e. The van der Waals surface area contributed by atoms with Gasteiger partial charge in [-0.2, -0.15) is 0 Å². The van der Waals surface area contributed by atoms with E-state index < -0.39 is 5.41 Å². The average Bonchev–Trinajstić information content (AvgIpc) is 2.73. The van der Waals surface area contributed by atoms with E-state index in [1.54, 1.807) is 0 Å². The highest BCUT2D eigenvalue weighted by atomic mass is 16.5. The van der Waals surface area contributed by atoms with Crippen LogP contribution in [0, 0.1) is 10.8 Å². The van der Waals surface area contributed by atoms with Gasteiger partial charge in [0.25, 0.3) is 0 Å². The van der Waals surface area contributed by atoms with Gasteiger partial charge in [-0.15, -0.1) is 0 Å². The Kier molecular flexibility index (Phi) is 3.21. The van der Waals surface area contributed by atoms with Gasteiger partial charge in [0.1, 0.15) is 0 Å². The molecule has 1 amide bonds. The molecular formula is C13H24N2O2. The summed E-state index contributed by atoms with van der Waals surface area (Å²) < 4.78 is 5.32. The maximum atomic E-state index is 12.4. The van der Waals surface area contributed by atoms with Gasteiger partial charge < -0.3 is 15.8 Å². The van der Waals surface area contributed by atoms with E-state index in [0.29, 0.717) is 13.2 Å². The largest absolute Gasteiger partial charge is 0.379 e. The molecule has 4 heteroatoms. The highest BCUT2D eigenvalue weighted by Gasteiger charge is 2.46. The summed E-state index contributed by atoms with van der Waals surface area (Å²) in [5.74, 6) is 0.0578. The van der Waals surface area contributed by atoms with Gasteiger partial charge in [-0.05, 0) is 25.2 Å². The van der Waals surface area contributed by atoms with Crippen LogP contribution < -0.4 is 11.1 Å². The molecule has 1 saturated carbocycles. The molecule has 2 fully saturated rings. The Morgan fingerprint density at radius 3 is 2.59 bits per heavy atom. The third-order valence-corrected chi connectivity index (χ3v) is 4.60. The summed E-state index contributed by atoms with van der Waals surface area (Å²) in [7, 11) is 0. The van der Waals surface area contributed by atoms with E-state index in [1.165, 1.54) is 12.8 Å². The van der Waals surface area contributed by atoms with Crippen molar-refractivity contribution in [3.8, 4) is 0 Å². The second kappa shape index (κ2) is 4.25. The van der Waals surface area contributed by atoms with E-state index in [4.69, 9.17) is 10.5 Å². The lowest BCUT2D eigenvalue weighted by molar-refractivity contribution is -0.132. The van der Waals surface area contributed by atoms with Crippen molar-refractivity contribution in [1.82, 2.24) is 5.32 Å². The Labute approximate surface area is 103 Å². The summed E-state index contributed by atoms with van der Waals surface area (Å²) in [6.07, 6.45) is 3.44. The SMILES string of the molecule is CC1(C)CCCC1NC(=O)C1(C)COCC1N. The monoisotopic (exact) mass is 240 g/mol. The zero-order chi connectivity index (χ0) is 12.7. The molecule has 2 aliphatic rings. The lowest BCUT2D eigenvalue weighted by Gasteiger charge is -2.32. The molecule has 3 N–H and O–H groups in total. The van der Waals surface area contributed by atoms with Crippen LogP contribution in [0.5, 0.6) is 0 Å². The van der Waals surface area contributed by atoms with Crippen molar-refractivity contribution in [1.29, 1.82) is 0 Å². The Morgan fingerprint density at radius 2 is 2.12 bits per heavy atom. The first kappa shape index (κ1) is 12.8. The molecule has 1 saturated heterocycles. The molecule has 1 aliphatic carbocycles. The highest BCUT2D eigenvalue weighted by molar-refractivity contribution is 5.84. The van der Waals surface area contributed by atoms with Gasteiger partial charge in [-0.25, -0.2) is 0 Å². The maximum Gasteiger partial charge on any atom is 0.230 e. The molecule has 3 atom stereocenters. The van der Waals surface area contributed by atoms with Crippen molar-refractivity contribution in [2.45, 2.75) is 52.1 Å². The number of hydrogen-bond donors (Lipinski definition) is 2. The minimum Gasteiger partial charge on any atom is -0.379 e. The molecule has 4 nitrogen and oxygen atoms in total. The third kappa shape index (κ3) is 2.20. The molecule has 17 heavy (non-hydrogen) atoms. The van der Waals surface area contributed by atoms with Crippen LogP contribution in [0.4, 0.5) is 0 Å². The average molecular weight is 240 g/mol. The van der Waals surface area contributed by atoms with E-state index in [0.717, 1.165) is 6.42 Å². The van der Waals surface area contributed by atoms with Crippen molar-refractivity contribution < 1.29 is 9.53 Å². The van der Waals surface area contributed by atoms with Crippen molar-refractivity contribution in [3.63, 3.8) is 0 Å². The summed E-state index contributed by atoms with van der Waals surface area (Å²) in [5.41, 5.74) is 5.62. The number of rotatable bonds is 2. The lowest BCUT2D eigenvalue weighted by atomic mass is 9.82. The Balaban J connectivity index is 2.02. The van der Waals surface area contributed by atoms with Crippen LogP contribution in [-0.4, -0.2) is 31.2 Å². The van der Waals surface area contributed by atoms with E-state index in [9.17, 15) is 4.79 Å². The molecule has 2 rings (SSSR count). The van der Waals surface area contributed by atoms with Gasteiger partial charge in [0.2, 0.25) is 5.91 Å². The predicted molar refractivity (Wildman–Crippen MR) is 66.5 cm³/mol. The predicted octanol–water partition coefficient (Wildman–Crippen LogP) is 1.05. The Morgan fingerprint density at radius 1 is 1.41 bits per heavy atom. The first-order valence-electron chi connectivity index (χ1n) is 6.50. The molecule has 0 aromatic rings. The second-order valence-electron chi connectivity index (χ2n) is 6.45. The number of carbonyl (C=O) groups is 1. The molecule has 0 aromatic carbocycles. The fraction of sp³-hybridized carbons (Fsp3) is 0.923. The fourth-order valence-electron chi connectivity index (χ4n) is 2.84. The van der Waals surface area contributed by atoms with Crippen LogP contribution in [0.3, 0.4) is 0 Å². The maximum absolute atomic E-state index is 12.4. The van der Waals surface area contributed by atoms with Crippen LogP contribution >= 0.6 is 0 Å². The van der Waals surface area contributed by atoms with Crippen LogP contribution in [0.15, 0.2) is 0 Å². The number of ether oxygens (including phenoxy) is 1. The first-order chi connectivity index (χ1) is 7.86. The molecule has 0 bridgehead atoms. The summed E-state index contributed by atoms with van der Waals surface area (Å²) >= 11 is 0. The molecule has 0 spiro atoms. The summed E-state index contributed by atoms with van der Waals surface area (Å²) in [6, 6.07) is 0.0895. The third-order valence-electron chi connectivity index (χ3n) is 4.60. The van der Waals surface area contributed by atoms with E-state index in [-0.39, 0.29) is 23.4 Å². The lowest BCUT2D eigenvalue weighted by Crippen LogP contribution is -2.54. The minimum atomic E-state index is -0.557. The van der Waals surface area contributed by atoms with Gasteiger partial charge in [0.05, 0.1) is 18.6 Å². The van der Waals surface area contributed by atoms with Gasteiger partial charge in [0.15, 0.2) is 0 Å². The fourth-order valence-corrected chi connectivity index (χ4v) is 2.84. The van der Waals surface area contributed by atoms with Crippen LogP contribution in [0.25, 0.3) is 0 Å². The van der Waals surface area contributed by atoms with E-state index in [2.05, 4.69) is 19.2 Å². The summed E-state index contributed by atoms with van der Waals surface area (Å²) in [5, 5.41) is 3.18. The van der Waals surface area contributed by atoms with Crippen molar-refractivity contribution in [2.24, 2.45) is 16.6 Å². The topological polar surface area (TPSA) is 64.3 Å². The number of nitrogens with two attached hydrogens (primary N) is 1. The van der Waals surface area contributed by atoms with Gasteiger partial charge in [-0.1, -0.05) is 20.3 Å². The molecule has 0 aromatic heterocycles. The van der Waals surface area contributed by atoms with Gasteiger partial charge in [-0.3, -0.25) is 4.79 Å². The molecule has 1 heterocycles. The van der Waals surface area contributed by atoms with Crippen molar-refractivity contribution in [3.05, 3.63) is 0 Å². The van der Waals surface area contributed by atoms with Crippen LogP contribution in [0.2, 0.25) is 0 Å². The normalized spacial score (nSPS) is 40.5. The van der Waals surface area contributed by atoms with Crippen molar-refractivity contribution in [2.75, 3.05) is 13.2 Å². The number of carbonyl (C=O) groups excluding carboxylic acids is 1. The molecule has 98 valence electrons. The van der Waals surface area contributed by atoms with E-state index in [1.807, 2.05) is 6.92 Å². The second-order valence-corrected chi connectivity index (χ2v) is 6.45. The standard InChI is InChI=1S/C13H24N2O2/c1-12(2)6-4-5-10(12)15-11(16)13(3)8-17-7-9(13)14/h9-10H,4-8,14H2,1-3H3,(H,15,16). The zero-order valence-electron chi connectivity index (χ0n) is 11.1.